The van der Waals surface area contributed by atoms with Gasteiger partial charge in [0.2, 0.25) is 5.78 Å². The molecule has 3 aliphatic rings. The number of ketones is 2. The number of phenols is 1. The highest BCUT2D eigenvalue weighted by Crippen LogP contribution is 2.53. The highest BCUT2D eigenvalue weighted by atomic mass is 16.5. The van der Waals surface area contributed by atoms with Crippen molar-refractivity contribution in [3.8, 4) is 11.5 Å². The van der Waals surface area contributed by atoms with Gasteiger partial charge in [0.25, 0.3) is 5.91 Å². The monoisotopic (exact) mass is 529 g/mol. The number of Topliss-reactive ketones (excluding diaryl/α,β-unsaturated/α-hetero) is 2. The number of nitrogens with one attached hydrogen (secondary N) is 1. The zero-order valence-electron chi connectivity index (χ0n) is 22.2. The third kappa shape index (κ3) is 3.71. The number of benzene rings is 1. The number of fused-ring (bicyclic) bond motifs is 3. The normalized spacial score (nSPS) is 27.7. The number of hydrogen-bond acceptors (Lipinski definition) is 10. The Morgan fingerprint density at radius 3 is 2.47 bits per heavy atom. The quantitative estimate of drug-likeness (QED) is 0.281. The van der Waals surface area contributed by atoms with Crippen molar-refractivity contribution in [1.82, 2.24) is 10.2 Å². The van der Waals surface area contributed by atoms with Crippen LogP contribution >= 0.6 is 0 Å². The van der Waals surface area contributed by atoms with Crippen LogP contribution in [0.1, 0.15) is 53.7 Å². The van der Waals surface area contributed by atoms with Gasteiger partial charge in [0.05, 0.1) is 18.7 Å². The number of aliphatic hydroxyl groups excluding tert-OH is 2. The van der Waals surface area contributed by atoms with Gasteiger partial charge in [0, 0.05) is 28.7 Å². The van der Waals surface area contributed by atoms with Crippen LogP contribution in [0.5, 0.6) is 11.5 Å². The maximum atomic E-state index is 13.8. The van der Waals surface area contributed by atoms with E-state index in [0.29, 0.717) is 16.9 Å². The SMILES string of the molecule is CCCC(NC)c1cc(O)c2c(c1OC)C[C@H]1C[C@H]3[C@H](N(C)C)C(O)=C(C(N)=O)C(=O)[C@@]3(O)C(O)=C1C2=O. The zero-order chi connectivity index (χ0) is 28.3. The molecule has 0 heterocycles. The molecule has 206 valence electrons. The number of ether oxygens (including phenoxy) is 1. The molecule has 0 bridgehead atoms. The van der Waals surface area contributed by atoms with E-state index in [1.807, 2.05) is 6.92 Å². The summed E-state index contributed by atoms with van der Waals surface area (Å²) in [6.07, 6.45) is 1.80. The van der Waals surface area contributed by atoms with E-state index in [1.165, 1.54) is 18.1 Å². The molecule has 0 fully saturated rings. The molecular weight excluding hydrogens is 494 g/mol. The molecule has 0 saturated carbocycles. The number of nitrogens with zero attached hydrogens (tertiary/aromatic N) is 1. The Hall–Kier alpha value is -3.41. The van der Waals surface area contributed by atoms with Crippen molar-refractivity contribution in [1.29, 1.82) is 0 Å². The third-order valence-corrected chi connectivity index (χ3v) is 8.21. The summed E-state index contributed by atoms with van der Waals surface area (Å²) in [6, 6.07) is 0.275. The highest BCUT2D eigenvalue weighted by Gasteiger charge is 2.63. The number of carbonyl (C=O) groups is 3. The van der Waals surface area contributed by atoms with E-state index >= 15 is 0 Å². The van der Waals surface area contributed by atoms with Crippen LogP contribution in [0, 0.1) is 11.8 Å². The fourth-order valence-electron chi connectivity index (χ4n) is 6.57. The summed E-state index contributed by atoms with van der Waals surface area (Å²) < 4.78 is 5.75. The molecule has 1 aromatic carbocycles. The number of nitrogens with two attached hydrogens (primary N) is 1. The number of amides is 1. The van der Waals surface area contributed by atoms with Crippen molar-refractivity contribution in [2.75, 3.05) is 28.3 Å². The number of carbonyl (C=O) groups excluding carboxylic acids is 3. The Bertz CT molecular complexity index is 1280. The van der Waals surface area contributed by atoms with E-state index in [1.54, 1.807) is 21.1 Å². The maximum Gasteiger partial charge on any atom is 0.255 e. The number of methoxy groups -OCH3 is 1. The Morgan fingerprint density at radius 2 is 1.95 bits per heavy atom. The molecule has 0 aliphatic heterocycles. The van der Waals surface area contributed by atoms with Crippen LogP contribution in [0.15, 0.2) is 28.7 Å². The second-order valence-electron chi connectivity index (χ2n) is 10.5. The summed E-state index contributed by atoms with van der Waals surface area (Å²) >= 11 is 0. The number of aliphatic hydroxyl groups is 3. The highest BCUT2D eigenvalue weighted by molar-refractivity contribution is 6.24. The minimum Gasteiger partial charge on any atom is -0.510 e. The van der Waals surface area contributed by atoms with Crippen molar-refractivity contribution in [3.05, 3.63) is 45.4 Å². The fraction of sp³-hybridized carbons (Fsp3) is 0.519. The Morgan fingerprint density at radius 1 is 1.29 bits per heavy atom. The van der Waals surface area contributed by atoms with Crippen molar-refractivity contribution >= 4 is 17.5 Å². The van der Waals surface area contributed by atoms with E-state index in [-0.39, 0.29) is 35.8 Å². The van der Waals surface area contributed by atoms with Crippen molar-refractivity contribution in [3.63, 3.8) is 0 Å². The number of aromatic hydroxyl groups is 1. The van der Waals surface area contributed by atoms with E-state index in [0.717, 1.165) is 12.8 Å². The molecule has 11 nitrogen and oxygen atoms in total. The number of likely N-dealkylation sites (N-methyl/N-ethyl adjacent to an activating group) is 1. The van der Waals surface area contributed by atoms with Crippen LogP contribution in [0.2, 0.25) is 0 Å². The van der Waals surface area contributed by atoms with Gasteiger partial charge >= 0.3 is 0 Å². The lowest BCUT2D eigenvalue weighted by Gasteiger charge is -2.50. The van der Waals surface area contributed by atoms with Gasteiger partial charge in [-0.05, 0) is 52.4 Å². The van der Waals surface area contributed by atoms with Crippen LogP contribution in [-0.2, 0) is 16.0 Å². The van der Waals surface area contributed by atoms with Crippen LogP contribution < -0.4 is 15.8 Å². The number of rotatable bonds is 7. The zero-order valence-corrected chi connectivity index (χ0v) is 22.2. The van der Waals surface area contributed by atoms with E-state index in [2.05, 4.69) is 5.32 Å². The van der Waals surface area contributed by atoms with Gasteiger partial charge in [0.15, 0.2) is 11.4 Å². The lowest BCUT2D eigenvalue weighted by atomic mass is 9.58. The number of phenolic OH excluding ortho intramolecular Hbond substituents is 1. The van der Waals surface area contributed by atoms with Gasteiger partial charge < -0.3 is 36.2 Å². The van der Waals surface area contributed by atoms with Crippen LogP contribution in [0.3, 0.4) is 0 Å². The van der Waals surface area contributed by atoms with Crippen molar-refractivity contribution in [2.24, 2.45) is 17.6 Å². The van der Waals surface area contributed by atoms with Gasteiger partial charge in [-0.15, -0.1) is 0 Å². The minimum absolute atomic E-state index is 0.0182. The lowest BCUT2D eigenvalue weighted by molar-refractivity contribution is -0.148. The standard InChI is InChI=1S/C27H35N3O8/c1-6-7-15(29-2)12-10-16(31)18-13(23(12)38-5)8-11-9-14-20(30(3)4)22(33)19(26(28)36)25(35)27(14,37)24(34)17(11)21(18)32/h10-11,14-15,20,29,31,33-34,37H,6-9H2,1-5H3,(H2,28,36)/t11-,14-,15?,20-,27-/m0/s1. The van der Waals surface area contributed by atoms with Gasteiger partial charge in [-0.25, -0.2) is 0 Å². The lowest BCUT2D eigenvalue weighted by Crippen LogP contribution is -2.63. The van der Waals surface area contributed by atoms with Crippen molar-refractivity contribution < 1.29 is 39.5 Å². The van der Waals surface area contributed by atoms with Gasteiger partial charge in [-0.3, -0.25) is 19.3 Å². The van der Waals surface area contributed by atoms with Crippen molar-refractivity contribution in [2.45, 2.75) is 50.3 Å². The summed E-state index contributed by atoms with van der Waals surface area (Å²) in [4.78, 5) is 40.8. The summed E-state index contributed by atoms with van der Waals surface area (Å²) in [5.74, 6) is -6.36. The number of hydrogen-bond donors (Lipinski definition) is 6. The first-order valence-electron chi connectivity index (χ1n) is 12.6. The minimum atomic E-state index is -2.66. The number of allylic oxidation sites excluding steroid dienone is 1. The van der Waals surface area contributed by atoms with Crippen LogP contribution in [-0.4, -0.2) is 82.7 Å². The Balaban J connectivity index is 1.95. The first-order valence-corrected chi connectivity index (χ1v) is 12.6. The molecule has 1 aromatic rings. The Kier molecular flexibility index (Phi) is 7.06. The molecule has 0 aromatic heterocycles. The predicted octanol–water partition coefficient (Wildman–Crippen LogP) is 1.19. The summed E-state index contributed by atoms with van der Waals surface area (Å²) in [6.45, 7) is 2.03. The summed E-state index contributed by atoms with van der Waals surface area (Å²) in [5, 5.41) is 48.1. The average Bonchev–Trinajstić information content (AvgIpc) is 2.84. The summed E-state index contributed by atoms with van der Waals surface area (Å²) in [5.41, 5.74) is 2.75. The smallest absolute Gasteiger partial charge is 0.255 e. The first-order chi connectivity index (χ1) is 17.9. The maximum absolute atomic E-state index is 13.8. The predicted molar refractivity (Wildman–Crippen MR) is 137 cm³/mol. The van der Waals surface area contributed by atoms with Gasteiger partial charge in [0.1, 0.15) is 28.6 Å². The average molecular weight is 530 g/mol. The molecule has 1 unspecified atom stereocenters. The molecule has 0 spiro atoms. The van der Waals surface area contributed by atoms with Gasteiger partial charge in [-0.2, -0.15) is 0 Å². The molecule has 38 heavy (non-hydrogen) atoms. The number of primary amides is 1. The molecule has 5 atom stereocenters. The second-order valence-corrected chi connectivity index (χ2v) is 10.5. The molecule has 0 saturated heterocycles. The van der Waals surface area contributed by atoms with E-state index in [4.69, 9.17) is 10.5 Å². The van der Waals surface area contributed by atoms with E-state index < -0.39 is 58.0 Å². The topological polar surface area (TPSA) is 183 Å². The molecule has 11 heteroatoms. The molecule has 0 radical (unpaired) electrons. The molecule has 3 aliphatic carbocycles. The van der Waals surface area contributed by atoms with E-state index in [9.17, 15) is 34.8 Å². The van der Waals surface area contributed by atoms with Crippen LogP contribution in [0.4, 0.5) is 0 Å². The molecule has 7 N–H and O–H groups in total. The first kappa shape index (κ1) is 27.6. The van der Waals surface area contributed by atoms with Gasteiger partial charge in [-0.1, -0.05) is 13.3 Å². The largest absolute Gasteiger partial charge is 0.510 e. The van der Waals surface area contributed by atoms with Crippen LogP contribution in [0.25, 0.3) is 0 Å². The molecule has 4 rings (SSSR count). The molecule has 1 amide bonds. The third-order valence-electron chi connectivity index (χ3n) is 8.21. The summed E-state index contributed by atoms with van der Waals surface area (Å²) in [7, 11) is 6.46. The fourth-order valence-corrected chi connectivity index (χ4v) is 6.57. The second kappa shape index (κ2) is 9.72. The Labute approximate surface area is 220 Å². The molecular formula is C27H35N3O8.